The van der Waals surface area contributed by atoms with Crippen LogP contribution in [0.1, 0.15) is 1.37 Å². The van der Waals surface area contributed by atoms with E-state index in [-0.39, 0.29) is 6.04 Å². The molecule has 0 radical (unpaired) electrons. The van der Waals surface area contributed by atoms with Crippen molar-refractivity contribution < 1.29 is 1.37 Å². The molecular weight excluding hydrogens is 176 g/mol. The van der Waals surface area contributed by atoms with E-state index < -0.39 is 0 Å². The van der Waals surface area contributed by atoms with Gasteiger partial charge in [0.05, 0.1) is 18.8 Å². The summed E-state index contributed by atoms with van der Waals surface area (Å²) in [5.41, 5.74) is 0. The maximum Gasteiger partial charge on any atom is 0.193 e. The first-order valence-corrected chi connectivity index (χ1v) is 3.64. The zero-order valence-corrected chi connectivity index (χ0v) is 6.73. The molecule has 2 heterocycles. The van der Waals surface area contributed by atoms with Gasteiger partial charge in [-0.1, -0.05) is 11.6 Å². The summed E-state index contributed by atoms with van der Waals surface area (Å²) >= 11 is 5.84. The molecule has 0 aliphatic carbocycles. The first-order valence-electron chi connectivity index (χ1n) is 3.76. The molecule has 12 heavy (non-hydrogen) atoms. The standard InChI is InChI=1S/C7H5ClN4/c8-6-2-1-3-9-7(6)12-10-4-5-11-12/h1-5H/i1D. The highest BCUT2D eigenvalue weighted by Crippen LogP contribution is 2.14. The van der Waals surface area contributed by atoms with Crippen LogP contribution in [-0.4, -0.2) is 20.0 Å². The number of hydrogen-bond donors (Lipinski definition) is 0. The molecule has 0 saturated heterocycles. The highest BCUT2D eigenvalue weighted by molar-refractivity contribution is 6.32. The lowest BCUT2D eigenvalue weighted by Gasteiger charge is -1.98. The molecule has 0 fully saturated rings. The van der Waals surface area contributed by atoms with Gasteiger partial charge in [-0.2, -0.15) is 10.2 Å². The minimum absolute atomic E-state index is 0.265. The summed E-state index contributed by atoms with van der Waals surface area (Å²) in [7, 11) is 0. The Morgan fingerprint density at radius 1 is 1.33 bits per heavy atom. The third-order valence-corrected chi connectivity index (χ3v) is 1.57. The van der Waals surface area contributed by atoms with Crippen LogP contribution in [0.3, 0.4) is 0 Å². The number of aromatic nitrogens is 4. The predicted octanol–water partition coefficient (Wildman–Crippen LogP) is 1.32. The molecule has 0 N–H and O–H groups in total. The molecule has 4 nitrogen and oxygen atoms in total. The number of hydrogen-bond acceptors (Lipinski definition) is 3. The molecule has 0 spiro atoms. The summed E-state index contributed by atoms with van der Waals surface area (Å²) in [6, 6.07) is 1.76. The first kappa shape index (κ1) is 6.14. The molecule has 5 heteroatoms. The van der Waals surface area contributed by atoms with Crippen LogP contribution >= 0.6 is 11.6 Å². The fraction of sp³-hybridized carbons (Fsp3) is 0. The van der Waals surface area contributed by atoms with Crippen molar-refractivity contribution in [3.63, 3.8) is 0 Å². The van der Waals surface area contributed by atoms with Crippen molar-refractivity contribution in [1.82, 2.24) is 20.0 Å². The Hall–Kier alpha value is -1.42. The summed E-state index contributed by atoms with van der Waals surface area (Å²) in [6.45, 7) is 0. The van der Waals surface area contributed by atoms with Crippen molar-refractivity contribution in [2.24, 2.45) is 0 Å². The van der Waals surface area contributed by atoms with Gasteiger partial charge in [0.15, 0.2) is 5.82 Å². The predicted molar refractivity (Wildman–Crippen MR) is 44.2 cm³/mol. The lowest BCUT2D eigenvalue weighted by Crippen LogP contribution is -2.01. The minimum Gasteiger partial charge on any atom is -0.234 e. The van der Waals surface area contributed by atoms with Crippen LogP contribution in [0.5, 0.6) is 0 Å². The quantitative estimate of drug-likeness (QED) is 0.667. The van der Waals surface area contributed by atoms with Crippen molar-refractivity contribution in [2.45, 2.75) is 0 Å². The molecule has 0 aliphatic heterocycles. The van der Waals surface area contributed by atoms with Gasteiger partial charge in [0, 0.05) is 6.20 Å². The highest BCUT2D eigenvalue weighted by atomic mass is 35.5. The van der Waals surface area contributed by atoms with E-state index >= 15 is 0 Å². The molecule has 2 aromatic heterocycles. The average molecular weight is 182 g/mol. The lowest BCUT2D eigenvalue weighted by atomic mass is 10.5. The fourth-order valence-electron chi connectivity index (χ4n) is 0.807. The average Bonchev–Trinajstić information content (AvgIpc) is 2.56. The number of rotatable bonds is 1. The normalized spacial score (nSPS) is 11.2. The number of pyridine rings is 1. The molecule has 0 amide bonds. The van der Waals surface area contributed by atoms with E-state index in [1.54, 1.807) is 0 Å². The van der Waals surface area contributed by atoms with Crippen molar-refractivity contribution in [2.75, 3.05) is 0 Å². The Bertz CT molecular complexity index is 414. The van der Waals surface area contributed by atoms with Crippen LogP contribution < -0.4 is 0 Å². The second-order valence-electron chi connectivity index (χ2n) is 2.06. The van der Waals surface area contributed by atoms with Crippen molar-refractivity contribution in [3.8, 4) is 5.82 Å². The zero-order valence-electron chi connectivity index (χ0n) is 6.98. The van der Waals surface area contributed by atoms with Crippen LogP contribution in [0.25, 0.3) is 5.82 Å². The van der Waals surface area contributed by atoms with Gasteiger partial charge < -0.3 is 0 Å². The Kier molecular flexibility index (Phi) is 1.49. The largest absolute Gasteiger partial charge is 0.234 e. The molecule has 0 atom stereocenters. The summed E-state index contributed by atoms with van der Waals surface area (Å²) in [5, 5.41) is 8.11. The van der Waals surface area contributed by atoms with Crippen LogP contribution in [0.4, 0.5) is 0 Å². The second-order valence-corrected chi connectivity index (χ2v) is 2.47. The van der Waals surface area contributed by atoms with E-state index in [0.29, 0.717) is 10.8 Å². The van der Waals surface area contributed by atoms with Gasteiger partial charge in [-0.15, -0.1) is 4.80 Å². The van der Waals surface area contributed by atoms with Crippen molar-refractivity contribution in [1.29, 1.82) is 0 Å². The fourth-order valence-corrected chi connectivity index (χ4v) is 0.995. The maximum absolute atomic E-state index is 7.26. The molecule has 0 aliphatic rings. The van der Waals surface area contributed by atoms with E-state index in [1.807, 2.05) is 0 Å². The molecule has 0 bridgehead atoms. The summed E-state index contributed by atoms with van der Waals surface area (Å²) in [5.74, 6) is 0.433. The molecule has 2 aromatic rings. The smallest absolute Gasteiger partial charge is 0.193 e. The zero-order chi connectivity index (χ0) is 9.26. The molecular formula is C7H5ClN4. The van der Waals surface area contributed by atoms with Crippen LogP contribution in [-0.2, 0) is 0 Å². The summed E-state index contributed by atoms with van der Waals surface area (Å²) in [6.07, 6.45) is 4.46. The topological polar surface area (TPSA) is 43.6 Å². The van der Waals surface area contributed by atoms with Gasteiger partial charge in [0.25, 0.3) is 0 Å². The van der Waals surface area contributed by atoms with Gasteiger partial charge in [0.2, 0.25) is 0 Å². The Morgan fingerprint density at radius 2 is 2.08 bits per heavy atom. The summed E-state index contributed by atoms with van der Waals surface area (Å²) in [4.78, 5) is 5.25. The Balaban J connectivity index is 2.53. The number of nitrogens with zero attached hydrogens (tertiary/aromatic N) is 4. The van der Waals surface area contributed by atoms with Crippen LogP contribution in [0, 0.1) is 0 Å². The summed E-state index contributed by atoms with van der Waals surface area (Å²) < 4.78 is 7.26. The Labute approximate surface area is 75.2 Å². The second kappa shape index (κ2) is 2.91. The van der Waals surface area contributed by atoms with E-state index in [0.717, 1.165) is 0 Å². The molecule has 60 valence electrons. The lowest BCUT2D eigenvalue weighted by molar-refractivity contribution is 0.729. The molecule has 0 aromatic carbocycles. The van der Waals surface area contributed by atoms with E-state index in [2.05, 4.69) is 15.2 Å². The van der Waals surface area contributed by atoms with Crippen LogP contribution in [0.2, 0.25) is 5.02 Å². The van der Waals surface area contributed by atoms with Gasteiger partial charge in [-0.25, -0.2) is 4.98 Å². The molecule has 0 unspecified atom stereocenters. The van der Waals surface area contributed by atoms with Crippen LogP contribution in [0.15, 0.2) is 30.7 Å². The first-order chi connectivity index (χ1) is 6.27. The Morgan fingerprint density at radius 3 is 2.75 bits per heavy atom. The van der Waals surface area contributed by atoms with Gasteiger partial charge in [-0.05, 0) is 12.1 Å². The number of halogens is 1. The van der Waals surface area contributed by atoms with Crippen molar-refractivity contribution in [3.05, 3.63) is 35.7 Å². The van der Waals surface area contributed by atoms with Gasteiger partial charge >= 0.3 is 0 Å². The SMILES string of the molecule is [2H]c1cnc(-n2nccn2)c(Cl)c1. The third kappa shape index (κ3) is 1.16. The van der Waals surface area contributed by atoms with Gasteiger partial charge in [-0.3, -0.25) is 0 Å². The molecule has 2 rings (SSSR count). The highest BCUT2D eigenvalue weighted by Gasteiger charge is 2.02. The third-order valence-electron chi connectivity index (χ3n) is 1.29. The minimum atomic E-state index is 0.265. The molecule has 0 saturated carbocycles. The van der Waals surface area contributed by atoms with E-state index in [4.69, 9.17) is 13.0 Å². The van der Waals surface area contributed by atoms with Gasteiger partial charge in [0.1, 0.15) is 0 Å². The maximum atomic E-state index is 7.26. The van der Waals surface area contributed by atoms with E-state index in [1.165, 1.54) is 29.5 Å². The monoisotopic (exact) mass is 181 g/mol. The van der Waals surface area contributed by atoms with E-state index in [9.17, 15) is 0 Å². The van der Waals surface area contributed by atoms with Crippen molar-refractivity contribution >= 4 is 11.6 Å².